The quantitative estimate of drug-likeness (QED) is 0.604. The van der Waals surface area contributed by atoms with Crippen molar-refractivity contribution in [1.29, 1.82) is 0 Å². The normalized spacial score (nSPS) is 11.2. The number of halogens is 4. The van der Waals surface area contributed by atoms with Gasteiger partial charge in [0.25, 0.3) is 11.8 Å². The summed E-state index contributed by atoms with van der Waals surface area (Å²) >= 11 is 1.01. The van der Waals surface area contributed by atoms with E-state index in [0.29, 0.717) is 0 Å². The van der Waals surface area contributed by atoms with E-state index in [1.165, 1.54) is 36.7 Å². The molecule has 1 heterocycles. The number of hydrogen-bond acceptors (Lipinski definition) is 4. The van der Waals surface area contributed by atoms with E-state index < -0.39 is 29.4 Å². The lowest BCUT2D eigenvalue weighted by molar-refractivity contribution is -0.137. The second-order valence-corrected chi connectivity index (χ2v) is 6.70. The summed E-state index contributed by atoms with van der Waals surface area (Å²) in [6, 6.07) is 8.12. The maximum Gasteiger partial charge on any atom is 0.416 e. The van der Waals surface area contributed by atoms with Crippen molar-refractivity contribution in [3.63, 3.8) is 0 Å². The highest BCUT2D eigenvalue weighted by Crippen LogP contribution is 2.33. The predicted molar refractivity (Wildman–Crippen MR) is 100 cm³/mol. The van der Waals surface area contributed by atoms with Crippen LogP contribution in [-0.4, -0.2) is 23.8 Å². The fourth-order valence-electron chi connectivity index (χ4n) is 2.45. The number of anilines is 1. The van der Waals surface area contributed by atoms with Crippen molar-refractivity contribution in [2.45, 2.75) is 6.18 Å². The van der Waals surface area contributed by atoms with Crippen LogP contribution < -0.4 is 10.6 Å². The molecule has 3 aromatic rings. The van der Waals surface area contributed by atoms with Crippen LogP contribution >= 0.6 is 11.3 Å². The van der Waals surface area contributed by atoms with Gasteiger partial charge in [-0.2, -0.15) is 13.2 Å². The first-order valence-electron chi connectivity index (χ1n) is 8.15. The number of carbonyl (C=O) groups is 2. The van der Waals surface area contributed by atoms with Crippen molar-refractivity contribution in [2.75, 3.05) is 12.4 Å². The number of hydrogen-bond donors (Lipinski definition) is 2. The van der Waals surface area contributed by atoms with Crippen molar-refractivity contribution >= 4 is 28.8 Å². The average molecular weight is 423 g/mol. The first-order valence-corrected chi connectivity index (χ1v) is 9.03. The summed E-state index contributed by atoms with van der Waals surface area (Å²) in [4.78, 5) is 28.1. The molecule has 0 aliphatic rings. The molecule has 0 unspecified atom stereocenters. The van der Waals surface area contributed by atoms with Gasteiger partial charge in [-0.25, -0.2) is 9.37 Å². The van der Waals surface area contributed by atoms with Gasteiger partial charge in [0.05, 0.1) is 11.1 Å². The number of rotatable bonds is 4. The summed E-state index contributed by atoms with van der Waals surface area (Å²) in [7, 11) is 1.34. The Balaban J connectivity index is 1.81. The molecule has 0 radical (unpaired) electrons. The lowest BCUT2D eigenvalue weighted by Gasteiger charge is -2.07. The minimum atomic E-state index is -4.49. The summed E-state index contributed by atoms with van der Waals surface area (Å²) in [5, 5.41) is 6.41. The summed E-state index contributed by atoms with van der Waals surface area (Å²) in [6.07, 6.45) is -4.49. The third kappa shape index (κ3) is 4.60. The van der Waals surface area contributed by atoms with Gasteiger partial charge < -0.3 is 10.6 Å². The largest absolute Gasteiger partial charge is 0.416 e. The second kappa shape index (κ2) is 8.00. The zero-order chi connectivity index (χ0) is 21.2. The Kier molecular flexibility index (Phi) is 5.64. The van der Waals surface area contributed by atoms with Crippen LogP contribution in [0.15, 0.2) is 47.8 Å². The number of carbonyl (C=O) groups excluding carboxylic acids is 2. The van der Waals surface area contributed by atoms with E-state index in [4.69, 9.17) is 0 Å². The molecule has 0 aliphatic carbocycles. The molecule has 5 nitrogen and oxygen atoms in total. The standard InChI is InChI=1S/C19H13F4N3O2S/c1-24-16(27)13-8-12(5-6-14(13)20)25-17(28)15-9-29-18(26-15)10-3-2-4-11(7-10)19(21,22)23/h2-9H,1H3,(H,24,27)(H,25,28). The summed E-state index contributed by atoms with van der Waals surface area (Å²) in [6.45, 7) is 0. The van der Waals surface area contributed by atoms with Gasteiger partial charge >= 0.3 is 6.18 Å². The van der Waals surface area contributed by atoms with E-state index in [-0.39, 0.29) is 27.5 Å². The van der Waals surface area contributed by atoms with Crippen LogP contribution in [0.25, 0.3) is 10.6 Å². The Bertz CT molecular complexity index is 1080. The van der Waals surface area contributed by atoms with E-state index in [1.54, 1.807) is 0 Å². The molecule has 0 aliphatic heterocycles. The van der Waals surface area contributed by atoms with Crippen LogP contribution in [0, 0.1) is 5.82 Å². The van der Waals surface area contributed by atoms with E-state index >= 15 is 0 Å². The van der Waals surface area contributed by atoms with E-state index in [9.17, 15) is 27.2 Å². The molecule has 0 bridgehead atoms. The minimum Gasteiger partial charge on any atom is -0.355 e. The first kappa shape index (κ1) is 20.5. The molecule has 10 heteroatoms. The fraction of sp³-hybridized carbons (Fsp3) is 0.105. The number of aromatic nitrogens is 1. The molecule has 29 heavy (non-hydrogen) atoms. The molecule has 2 N–H and O–H groups in total. The van der Waals surface area contributed by atoms with Gasteiger partial charge in [-0.05, 0) is 30.3 Å². The number of nitrogens with zero attached hydrogens (tertiary/aromatic N) is 1. The molecule has 0 fully saturated rings. The number of alkyl halides is 3. The van der Waals surface area contributed by atoms with E-state index in [2.05, 4.69) is 15.6 Å². The van der Waals surface area contributed by atoms with Gasteiger partial charge in [0, 0.05) is 23.7 Å². The van der Waals surface area contributed by atoms with Gasteiger partial charge in [-0.3, -0.25) is 9.59 Å². The number of benzene rings is 2. The topological polar surface area (TPSA) is 71.1 Å². The van der Waals surface area contributed by atoms with Gasteiger partial charge in [-0.15, -0.1) is 11.3 Å². The summed E-state index contributed by atoms with van der Waals surface area (Å²) < 4.78 is 52.3. The molecule has 0 atom stereocenters. The third-order valence-corrected chi connectivity index (χ3v) is 4.76. The highest BCUT2D eigenvalue weighted by atomic mass is 32.1. The van der Waals surface area contributed by atoms with E-state index in [0.717, 1.165) is 29.5 Å². The number of nitrogens with one attached hydrogen (secondary N) is 2. The second-order valence-electron chi connectivity index (χ2n) is 5.84. The smallest absolute Gasteiger partial charge is 0.355 e. The van der Waals surface area contributed by atoms with Crippen molar-refractivity contribution in [2.24, 2.45) is 0 Å². The molecular weight excluding hydrogens is 410 g/mol. The van der Waals surface area contributed by atoms with Crippen LogP contribution in [0.5, 0.6) is 0 Å². The maximum absolute atomic E-state index is 13.7. The zero-order valence-corrected chi connectivity index (χ0v) is 15.6. The Hall–Kier alpha value is -3.27. The minimum absolute atomic E-state index is 0.0202. The highest BCUT2D eigenvalue weighted by Gasteiger charge is 2.30. The van der Waals surface area contributed by atoms with Gasteiger partial charge in [0.15, 0.2) is 0 Å². The summed E-state index contributed by atoms with van der Waals surface area (Å²) in [5.41, 5.74) is -0.679. The number of amides is 2. The van der Waals surface area contributed by atoms with Gasteiger partial charge in [0.1, 0.15) is 16.5 Å². The predicted octanol–water partition coefficient (Wildman–Crippen LogP) is 4.58. The third-order valence-electron chi connectivity index (χ3n) is 3.87. The SMILES string of the molecule is CNC(=O)c1cc(NC(=O)c2csc(-c3cccc(C(F)(F)F)c3)n2)ccc1F. The van der Waals surface area contributed by atoms with Crippen molar-refractivity contribution < 1.29 is 27.2 Å². The lowest BCUT2D eigenvalue weighted by Crippen LogP contribution is -2.20. The molecular formula is C19H13F4N3O2S. The molecule has 1 aromatic heterocycles. The van der Waals surface area contributed by atoms with Crippen molar-refractivity contribution in [3.05, 3.63) is 70.5 Å². The van der Waals surface area contributed by atoms with Crippen molar-refractivity contribution in [1.82, 2.24) is 10.3 Å². The highest BCUT2D eigenvalue weighted by molar-refractivity contribution is 7.13. The van der Waals surface area contributed by atoms with Crippen molar-refractivity contribution in [3.8, 4) is 10.6 Å². The Morgan fingerprint density at radius 3 is 2.52 bits per heavy atom. The fourth-order valence-corrected chi connectivity index (χ4v) is 3.24. The lowest BCUT2D eigenvalue weighted by atomic mass is 10.1. The Labute approximate surface area is 166 Å². The molecule has 0 spiro atoms. The van der Waals surface area contributed by atoms with Gasteiger partial charge in [0.2, 0.25) is 0 Å². The monoisotopic (exact) mass is 423 g/mol. The van der Waals surface area contributed by atoms with Crippen LogP contribution in [-0.2, 0) is 6.18 Å². The van der Waals surface area contributed by atoms with Crippen LogP contribution in [0.2, 0.25) is 0 Å². The average Bonchev–Trinajstić information content (AvgIpc) is 3.19. The van der Waals surface area contributed by atoms with E-state index in [1.807, 2.05) is 0 Å². The number of thiazole rings is 1. The Morgan fingerprint density at radius 1 is 1.07 bits per heavy atom. The van der Waals surface area contributed by atoms with Crippen LogP contribution in [0.4, 0.5) is 23.2 Å². The molecule has 3 rings (SSSR count). The van der Waals surface area contributed by atoms with Crippen LogP contribution in [0.1, 0.15) is 26.4 Å². The first-order chi connectivity index (χ1) is 13.7. The molecule has 150 valence electrons. The molecule has 2 amide bonds. The molecule has 0 saturated heterocycles. The molecule has 0 saturated carbocycles. The van der Waals surface area contributed by atoms with Crippen LogP contribution in [0.3, 0.4) is 0 Å². The Morgan fingerprint density at radius 2 is 1.83 bits per heavy atom. The molecule has 2 aromatic carbocycles. The zero-order valence-electron chi connectivity index (χ0n) is 14.8. The maximum atomic E-state index is 13.7. The van der Waals surface area contributed by atoms with Gasteiger partial charge in [-0.1, -0.05) is 12.1 Å². The summed E-state index contributed by atoms with van der Waals surface area (Å²) in [5.74, 6) is -2.05.